The Hall–Kier alpha value is -1.63. The minimum atomic E-state index is 0.176. The fourth-order valence-corrected chi connectivity index (χ4v) is 1.57. The number of anilines is 1. The van der Waals surface area contributed by atoms with Gasteiger partial charge in [0.1, 0.15) is 0 Å². The van der Waals surface area contributed by atoms with E-state index < -0.39 is 0 Å². The summed E-state index contributed by atoms with van der Waals surface area (Å²) in [5.41, 5.74) is 5.47. The van der Waals surface area contributed by atoms with E-state index in [9.17, 15) is 0 Å². The van der Waals surface area contributed by atoms with Gasteiger partial charge in [0.15, 0.2) is 11.6 Å². The van der Waals surface area contributed by atoms with E-state index in [1.54, 1.807) is 25.4 Å². The van der Waals surface area contributed by atoms with E-state index in [0.29, 0.717) is 16.3 Å². The van der Waals surface area contributed by atoms with Gasteiger partial charge in [-0.15, -0.1) is 5.10 Å². The first-order valence-electron chi connectivity index (χ1n) is 4.10. The van der Waals surface area contributed by atoms with E-state index in [-0.39, 0.29) is 5.95 Å². The lowest BCUT2D eigenvalue weighted by Crippen LogP contribution is -2.03. The fourth-order valence-electron chi connectivity index (χ4n) is 1.14. The van der Waals surface area contributed by atoms with E-state index in [0.717, 1.165) is 0 Å². The van der Waals surface area contributed by atoms with Crippen molar-refractivity contribution < 1.29 is 4.74 Å². The largest absolute Gasteiger partial charge is 0.493 e. The van der Waals surface area contributed by atoms with Gasteiger partial charge in [0.2, 0.25) is 10.7 Å². The minimum Gasteiger partial charge on any atom is -0.493 e. The molecule has 0 saturated carbocycles. The molecule has 15 heavy (non-hydrogen) atoms. The molecule has 0 spiro atoms. The Balaban J connectivity index is 2.58. The van der Waals surface area contributed by atoms with Crippen LogP contribution < -0.4 is 10.5 Å². The zero-order chi connectivity index (χ0) is 10.8. The third-order valence-corrected chi connectivity index (χ3v) is 2.27. The summed E-state index contributed by atoms with van der Waals surface area (Å²) in [6.07, 6.45) is 1.64. The van der Waals surface area contributed by atoms with Crippen LogP contribution >= 0.6 is 15.9 Å². The minimum absolute atomic E-state index is 0.176. The van der Waals surface area contributed by atoms with Gasteiger partial charge in [-0.2, -0.15) is 9.67 Å². The highest BCUT2D eigenvalue weighted by Crippen LogP contribution is 2.22. The molecule has 0 radical (unpaired) electrons. The number of aromatic nitrogens is 4. The molecule has 2 heterocycles. The molecule has 2 rings (SSSR count). The summed E-state index contributed by atoms with van der Waals surface area (Å²) in [5, 5.41) is 3.98. The van der Waals surface area contributed by atoms with Crippen molar-refractivity contribution >= 4 is 21.9 Å². The number of nitrogen functional groups attached to an aromatic ring is 1. The fraction of sp³-hybridized carbons (Fsp3) is 0.125. The third kappa shape index (κ3) is 1.78. The predicted octanol–water partition coefficient (Wildman–Crippen LogP) is 1.02. The van der Waals surface area contributed by atoms with Crippen LogP contribution in [0.15, 0.2) is 23.1 Å². The summed E-state index contributed by atoms with van der Waals surface area (Å²) in [6, 6.07) is 3.56. The molecule has 0 aromatic carbocycles. The van der Waals surface area contributed by atoms with Crippen molar-refractivity contribution in [3.8, 4) is 11.6 Å². The maximum absolute atomic E-state index is 5.47. The smallest absolute Gasteiger partial charge is 0.241 e. The van der Waals surface area contributed by atoms with Crippen LogP contribution in [0.25, 0.3) is 5.82 Å². The number of methoxy groups -OCH3 is 1. The zero-order valence-electron chi connectivity index (χ0n) is 7.88. The first kappa shape index (κ1) is 9.91. The molecule has 2 N–H and O–H groups in total. The second kappa shape index (κ2) is 3.85. The summed E-state index contributed by atoms with van der Waals surface area (Å²) in [7, 11) is 1.56. The lowest BCUT2D eigenvalue weighted by atomic mass is 10.4. The number of hydrogen-bond acceptors (Lipinski definition) is 5. The second-order valence-electron chi connectivity index (χ2n) is 2.68. The quantitative estimate of drug-likeness (QED) is 0.881. The zero-order valence-corrected chi connectivity index (χ0v) is 9.47. The standard InChI is InChI=1S/C8H8BrN5O/c1-15-5-3-2-4-11-6(5)14-7(9)12-8(10)13-14/h2-4H,1H3,(H2,10,13). The van der Waals surface area contributed by atoms with Crippen LogP contribution in [-0.4, -0.2) is 26.9 Å². The van der Waals surface area contributed by atoms with Crippen LogP contribution in [0.3, 0.4) is 0 Å². The number of hydrogen-bond donors (Lipinski definition) is 1. The van der Waals surface area contributed by atoms with E-state index in [4.69, 9.17) is 10.5 Å². The van der Waals surface area contributed by atoms with Gasteiger partial charge in [-0.05, 0) is 28.1 Å². The second-order valence-corrected chi connectivity index (χ2v) is 3.39. The van der Waals surface area contributed by atoms with Crippen LogP contribution in [0.5, 0.6) is 5.75 Å². The van der Waals surface area contributed by atoms with E-state index in [1.807, 2.05) is 0 Å². The molecule has 0 atom stereocenters. The van der Waals surface area contributed by atoms with Crippen molar-refractivity contribution in [1.29, 1.82) is 0 Å². The predicted molar refractivity (Wildman–Crippen MR) is 57.8 cm³/mol. The molecule has 0 aliphatic heterocycles. The molecule has 0 fully saturated rings. The van der Waals surface area contributed by atoms with Crippen molar-refractivity contribution in [3.63, 3.8) is 0 Å². The topological polar surface area (TPSA) is 78.8 Å². The molecule has 0 aliphatic carbocycles. The van der Waals surface area contributed by atoms with Crippen LogP contribution in [0.4, 0.5) is 5.95 Å². The monoisotopic (exact) mass is 269 g/mol. The highest BCUT2D eigenvalue weighted by Gasteiger charge is 2.12. The van der Waals surface area contributed by atoms with Crippen molar-refractivity contribution in [2.24, 2.45) is 0 Å². The molecule has 0 unspecified atom stereocenters. The third-order valence-electron chi connectivity index (χ3n) is 1.76. The molecule has 7 heteroatoms. The number of halogens is 1. The van der Waals surface area contributed by atoms with Gasteiger partial charge in [0, 0.05) is 6.20 Å². The van der Waals surface area contributed by atoms with Gasteiger partial charge >= 0.3 is 0 Å². The van der Waals surface area contributed by atoms with Crippen LogP contribution in [0, 0.1) is 0 Å². The number of pyridine rings is 1. The molecule has 0 saturated heterocycles. The summed E-state index contributed by atoms with van der Waals surface area (Å²) in [4.78, 5) is 8.06. The van der Waals surface area contributed by atoms with Gasteiger partial charge in [0.25, 0.3) is 0 Å². The molecule has 78 valence electrons. The lowest BCUT2D eigenvalue weighted by molar-refractivity contribution is 0.409. The lowest BCUT2D eigenvalue weighted by Gasteiger charge is -2.06. The normalized spacial score (nSPS) is 10.3. The molecule has 0 amide bonds. The van der Waals surface area contributed by atoms with Crippen LogP contribution in [0.2, 0.25) is 0 Å². The van der Waals surface area contributed by atoms with Crippen molar-refractivity contribution in [2.75, 3.05) is 12.8 Å². The van der Waals surface area contributed by atoms with Gasteiger partial charge in [-0.25, -0.2) is 4.98 Å². The Morgan fingerprint density at radius 3 is 2.93 bits per heavy atom. The van der Waals surface area contributed by atoms with Gasteiger partial charge < -0.3 is 10.5 Å². The van der Waals surface area contributed by atoms with Crippen molar-refractivity contribution in [1.82, 2.24) is 19.7 Å². The Labute approximate surface area is 94.2 Å². The molecule has 2 aromatic heterocycles. The number of nitrogens with two attached hydrogens (primary N) is 1. The summed E-state index contributed by atoms with van der Waals surface area (Å²) >= 11 is 3.23. The van der Waals surface area contributed by atoms with E-state index in [1.165, 1.54) is 4.68 Å². The van der Waals surface area contributed by atoms with Crippen molar-refractivity contribution in [2.45, 2.75) is 0 Å². The highest BCUT2D eigenvalue weighted by molar-refractivity contribution is 9.10. The molecule has 6 nitrogen and oxygen atoms in total. The average molecular weight is 270 g/mol. The van der Waals surface area contributed by atoms with Crippen molar-refractivity contribution in [3.05, 3.63) is 23.1 Å². The molecular formula is C8H8BrN5O. The molecule has 0 bridgehead atoms. The number of ether oxygens (including phenoxy) is 1. The maximum Gasteiger partial charge on any atom is 0.241 e. The van der Waals surface area contributed by atoms with Gasteiger partial charge in [-0.3, -0.25) is 0 Å². The maximum atomic E-state index is 5.47. The van der Waals surface area contributed by atoms with E-state index >= 15 is 0 Å². The Morgan fingerprint density at radius 2 is 2.33 bits per heavy atom. The highest BCUT2D eigenvalue weighted by atomic mass is 79.9. The van der Waals surface area contributed by atoms with E-state index in [2.05, 4.69) is 31.0 Å². The first-order valence-corrected chi connectivity index (χ1v) is 4.89. The SMILES string of the molecule is COc1cccnc1-n1nc(N)nc1Br. The Kier molecular flexibility index (Phi) is 2.55. The summed E-state index contributed by atoms with van der Waals surface area (Å²) in [6.45, 7) is 0. The molecule has 2 aromatic rings. The Morgan fingerprint density at radius 1 is 1.53 bits per heavy atom. The number of rotatable bonds is 2. The average Bonchev–Trinajstić information content (AvgIpc) is 2.57. The Bertz CT molecular complexity index is 484. The summed E-state index contributed by atoms with van der Waals surface area (Å²) < 4.78 is 7.10. The van der Waals surface area contributed by atoms with Crippen LogP contribution in [0.1, 0.15) is 0 Å². The number of nitrogens with zero attached hydrogens (tertiary/aromatic N) is 4. The van der Waals surface area contributed by atoms with Crippen LogP contribution in [-0.2, 0) is 0 Å². The van der Waals surface area contributed by atoms with Gasteiger partial charge in [0.05, 0.1) is 7.11 Å². The molecular weight excluding hydrogens is 262 g/mol. The summed E-state index contributed by atoms with van der Waals surface area (Å²) in [5.74, 6) is 1.31. The first-order chi connectivity index (χ1) is 7.22. The van der Waals surface area contributed by atoms with Gasteiger partial charge in [-0.1, -0.05) is 0 Å². The molecule has 0 aliphatic rings.